The fourth-order valence-corrected chi connectivity index (χ4v) is 3.17. The van der Waals surface area contributed by atoms with Crippen LogP contribution in [-0.2, 0) is 27.1 Å². The van der Waals surface area contributed by atoms with Gasteiger partial charge in [0.25, 0.3) is 0 Å². The molecule has 0 bridgehead atoms. The normalized spacial score (nSPS) is 12.4. The van der Waals surface area contributed by atoms with Gasteiger partial charge in [0, 0.05) is 0 Å². The molecule has 2 atom stereocenters. The number of aryl methyl sites for hydroxylation is 1. The van der Waals surface area contributed by atoms with E-state index in [4.69, 9.17) is 10.00 Å². The molecule has 0 fully saturated rings. The fourth-order valence-electron chi connectivity index (χ4n) is 3.17. The number of hydrogen-bond acceptors (Lipinski definition) is 5. The predicted molar refractivity (Wildman–Crippen MR) is 103 cm³/mol. The molecule has 1 unspecified atom stereocenters. The van der Waals surface area contributed by atoms with Crippen molar-refractivity contribution in [1.82, 2.24) is 5.32 Å². The number of nitrogens with one attached hydrogen (secondary N) is 1. The Morgan fingerprint density at radius 2 is 1.93 bits per heavy atom. The molecule has 1 N–H and O–H groups in total. The molecule has 138 valence electrons. The van der Waals surface area contributed by atoms with E-state index in [1.54, 1.807) is 18.2 Å². The Morgan fingerprint density at radius 1 is 1.19 bits per heavy atom. The van der Waals surface area contributed by atoms with Crippen LogP contribution in [0, 0.1) is 17.2 Å². The van der Waals surface area contributed by atoms with Crippen LogP contribution in [0.2, 0.25) is 0 Å². The minimum absolute atomic E-state index is 0.172. The average molecular weight is 362 g/mol. The van der Waals surface area contributed by atoms with Gasteiger partial charge in [-0.05, 0) is 0 Å². The van der Waals surface area contributed by atoms with Crippen LogP contribution in [0.25, 0.3) is 0 Å². The molecule has 0 saturated carbocycles. The van der Waals surface area contributed by atoms with Crippen molar-refractivity contribution in [3.8, 4) is 6.07 Å². The maximum absolute atomic E-state index is 12.5. The van der Waals surface area contributed by atoms with E-state index in [2.05, 4.69) is 11.4 Å². The van der Waals surface area contributed by atoms with Crippen LogP contribution < -0.4 is 5.32 Å². The summed E-state index contributed by atoms with van der Waals surface area (Å²) in [7, 11) is 2.16. The van der Waals surface area contributed by atoms with Gasteiger partial charge in [-0.1, -0.05) is 0 Å². The topological polar surface area (TPSA) is 79.2 Å². The first-order valence-electron chi connectivity index (χ1n) is 8.95. The van der Waals surface area contributed by atoms with Crippen molar-refractivity contribution < 1.29 is 14.2 Å². The summed E-state index contributed by atoms with van der Waals surface area (Å²) in [5.74, 6) is -0.776. The number of methoxy groups -OCH3 is 1. The Kier molecular flexibility index (Phi) is 8.40. The van der Waals surface area contributed by atoms with E-state index in [0.29, 0.717) is 18.4 Å². The standard InChI is InChI=1S/C21H23BN2O3/c1-27-21(25)19(13-17-8-5-9-18(12-17)14-23)20(24-15-22-26)11-10-16-6-3-2-4-7-16/h2-9,12,19-20,24H,10-11,13,15H2,1H3/t19-,20?/m1/s1. The zero-order valence-electron chi connectivity index (χ0n) is 15.4. The molecule has 2 rings (SSSR count). The molecule has 0 aliphatic carbocycles. The quantitative estimate of drug-likeness (QED) is 0.519. The monoisotopic (exact) mass is 362 g/mol. The van der Waals surface area contributed by atoms with Gasteiger partial charge in [-0.15, -0.1) is 0 Å². The summed E-state index contributed by atoms with van der Waals surface area (Å²) in [6, 6.07) is 19.1. The molecule has 27 heavy (non-hydrogen) atoms. The number of nitrogens with zero attached hydrogens (tertiary/aromatic N) is 1. The molecule has 2 aromatic carbocycles. The maximum atomic E-state index is 12.5. The zero-order valence-corrected chi connectivity index (χ0v) is 15.4. The molecule has 0 aliphatic rings. The van der Waals surface area contributed by atoms with Gasteiger partial charge in [-0.2, -0.15) is 0 Å². The fraction of sp³-hybridized carbons (Fsp3) is 0.333. The molecule has 0 saturated heterocycles. The van der Waals surface area contributed by atoms with Gasteiger partial charge < -0.3 is 0 Å². The molecule has 0 spiro atoms. The molecule has 0 amide bonds. The first-order valence-corrected chi connectivity index (χ1v) is 8.95. The number of nitriles is 1. The summed E-state index contributed by atoms with van der Waals surface area (Å²) in [5.41, 5.74) is 2.62. The van der Waals surface area contributed by atoms with Gasteiger partial charge in [0.15, 0.2) is 0 Å². The summed E-state index contributed by atoms with van der Waals surface area (Å²) < 4.78 is 15.9. The van der Waals surface area contributed by atoms with E-state index in [1.165, 1.54) is 12.7 Å². The van der Waals surface area contributed by atoms with Crippen molar-refractivity contribution in [2.45, 2.75) is 25.3 Å². The number of esters is 1. The van der Waals surface area contributed by atoms with Crippen molar-refractivity contribution >= 4 is 13.1 Å². The van der Waals surface area contributed by atoms with E-state index >= 15 is 0 Å². The number of benzene rings is 2. The van der Waals surface area contributed by atoms with Gasteiger partial charge in [0.2, 0.25) is 0 Å². The van der Waals surface area contributed by atoms with E-state index in [9.17, 15) is 9.50 Å². The summed E-state index contributed by atoms with van der Waals surface area (Å²) >= 11 is 0. The first-order chi connectivity index (χ1) is 13.2. The Balaban J connectivity index is 2.19. The van der Waals surface area contributed by atoms with Crippen molar-refractivity contribution in [3.05, 3.63) is 71.3 Å². The second kappa shape index (κ2) is 11.0. The van der Waals surface area contributed by atoms with Crippen LogP contribution in [0.3, 0.4) is 0 Å². The summed E-state index contributed by atoms with van der Waals surface area (Å²) in [6.45, 7) is 0. The van der Waals surface area contributed by atoms with Gasteiger partial charge in [-0.3, -0.25) is 0 Å². The Bertz CT molecular complexity index is 790. The average Bonchev–Trinajstić information content (AvgIpc) is 2.73. The Morgan fingerprint density at radius 3 is 2.59 bits per heavy atom. The molecule has 6 heteroatoms. The number of hydrogen-bond donors (Lipinski definition) is 1. The first kappa shape index (κ1) is 20.5. The predicted octanol–water partition coefficient (Wildman–Crippen LogP) is 2.49. The number of rotatable bonds is 10. The summed E-state index contributed by atoms with van der Waals surface area (Å²) in [5, 5.41) is 12.3. The van der Waals surface area contributed by atoms with Gasteiger partial charge in [0.05, 0.1) is 0 Å². The van der Waals surface area contributed by atoms with Crippen molar-refractivity contribution in [2.24, 2.45) is 5.92 Å². The second-order valence-electron chi connectivity index (χ2n) is 6.35. The third-order valence-corrected chi connectivity index (χ3v) is 4.55. The molecular weight excluding hydrogens is 339 g/mol. The molecular formula is C21H23BN2O3. The third kappa shape index (κ3) is 6.47. The number of carbonyl (C=O) groups excluding carboxylic acids is 1. The second-order valence-corrected chi connectivity index (χ2v) is 6.35. The van der Waals surface area contributed by atoms with Crippen LogP contribution in [0.1, 0.15) is 23.1 Å². The molecule has 0 aliphatic heterocycles. The Hall–Kier alpha value is -2.78. The zero-order chi connectivity index (χ0) is 19.5. The van der Waals surface area contributed by atoms with E-state index < -0.39 is 5.92 Å². The van der Waals surface area contributed by atoms with E-state index in [0.717, 1.165) is 19.1 Å². The molecule has 0 aromatic heterocycles. The van der Waals surface area contributed by atoms with Crippen LogP contribution in [0.15, 0.2) is 54.6 Å². The van der Waals surface area contributed by atoms with Crippen LogP contribution >= 0.6 is 0 Å². The molecule has 5 nitrogen and oxygen atoms in total. The SMILES string of the molecule is COC(=O)[C@H](Cc1cccc(C#N)c1)C(CCc1ccccc1)NCB=O. The van der Waals surface area contributed by atoms with Crippen LogP contribution in [0.5, 0.6) is 0 Å². The van der Waals surface area contributed by atoms with Crippen molar-refractivity contribution in [1.29, 1.82) is 5.26 Å². The van der Waals surface area contributed by atoms with Gasteiger partial charge >= 0.3 is 160 Å². The van der Waals surface area contributed by atoms with Crippen LogP contribution in [-0.4, -0.2) is 32.7 Å². The Labute approximate surface area is 160 Å². The minimum atomic E-state index is -0.451. The van der Waals surface area contributed by atoms with Gasteiger partial charge in [-0.25, -0.2) is 0 Å². The van der Waals surface area contributed by atoms with E-state index in [-0.39, 0.29) is 18.5 Å². The molecule has 2 aromatic rings. The number of carbonyl (C=O) groups is 1. The van der Waals surface area contributed by atoms with Crippen LogP contribution in [0.4, 0.5) is 0 Å². The summed E-state index contributed by atoms with van der Waals surface area (Å²) in [6.07, 6.45) is 2.08. The molecule has 0 heterocycles. The van der Waals surface area contributed by atoms with Crippen molar-refractivity contribution in [2.75, 3.05) is 13.6 Å². The van der Waals surface area contributed by atoms with E-state index in [1.807, 2.05) is 36.4 Å². The number of ether oxygens (including phenoxy) is 1. The van der Waals surface area contributed by atoms with Crippen molar-refractivity contribution in [3.63, 3.8) is 0 Å². The van der Waals surface area contributed by atoms with Gasteiger partial charge in [0.1, 0.15) is 0 Å². The molecule has 0 radical (unpaired) electrons. The third-order valence-electron chi connectivity index (χ3n) is 4.55. The summed E-state index contributed by atoms with van der Waals surface area (Å²) in [4.78, 5) is 12.5.